The lowest BCUT2D eigenvalue weighted by molar-refractivity contribution is -0.122. The molecular formula is C18H13ClN2O4. The van der Waals surface area contributed by atoms with Gasteiger partial charge in [0.25, 0.3) is 11.8 Å². The van der Waals surface area contributed by atoms with Crippen LogP contribution in [-0.4, -0.2) is 25.0 Å². The fourth-order valence-electron chi connectivity index (χ4n) is 2.38. The van der Waals surface area contributed by atoms with Gasteiger partial charge in [-0.1, -0.05) is 23.7 Å². The van der Waals surface area contributed by atoms with E-state index in [-0.39, 0.29) is 5.57 Å². The van der Waals surface area contributed by atoms with Gasteiger partial charge in [0.1, 0.15) is 11.3 Å². The van der Waals surface area contributed by atoms with Crippen LogP contribution in [0.5, 0.6) is 5.75 Å². The van der Waals surface area contributed by atoms with E-state index in [1.807, 2.05) is 0 Å². The molecule has 2 aromatic carbocycles. The van der Waals surface area contributed by atoms with Crippen molar-refractivity contribution in [1.29, 1.82) is 0 Å². The van der Waals surface area contributed by atoms with Crippen molar-refractivity contribution in [2.75, 3.05) is 12.0 Å². The van der Waals surface area contributed by atoms with Crippen molar-refractivity contribution >= 4 is 41.2 Å². The summed E-state index contributed by atoms with van der Waals surface area (Å²) in [7, 11) is 1.52. The summed E-state index contributed by atoms with van der Waals surface area (Å²) < 4.78 is 5.12. The highest BCUT2D eigenvalue weighted by molar-refractivity contribution is 6.39. The van der Waals surface area contributed by atoms with Gasteiger partial charge in [-0.15, -0.1) is 0 Å². The highest BCUT2D eigenvalue weighted by atomic mass is 35.5. The fourth-order valence-corrected chi connectivity index (χ4v) is 2.51. The van der Waals surface area contributed by atoms with Gasteiger partial charge in [-0.2, -0.15) is 0 Å². The molecule has 3 rings (SSSR count). The molecular weight excluding hydrogens is 344 g/mol. The number of halogens is 1. The summed E-state index contributed by atoms with van der Waals surface area (Å²) in [5.74, 6) is -0.870. The number of carbonyl (C=O) groups is 3. The first-order chi connectivity index (χ1) is 12.0. The predicted molar refractivity (Wildman–Crippen MR) is 93.4 cm³/mol. The number of methoxy groups -OCH3 is 1. The molecule has 0 radical (unpaired) electrons. The Balaban J connectivity index is 2.00. The zero-order valence-corrected chi connectivity index (χ0v) is 13.9. The molecule has 2 aromatic rings. The number of nitrogens with one attached hydrogen (secondary N) is 1. The molecule has 6 nitrogen and oxygen atoms in total. The number of nitrogens with zero attached hydrogens (tertiary/aromatic N) is 1. The molecule has 0 atom stereocenters. The molecule has 1 N–H and O–H groups in total. The predicted octanol–water partition coefficient (Wildman–Crippen LogP) is 3.02. The molecule has 0 aliphatic carbocycles. The average Bonchev–Trinajstić information content (AvgIpc) is 2.60. The maximum Gasteiger partial charge on any atom is 0.335 e. The number of amides is 4. The van der Waals surface area contributed by atoms with E-state index in [4.69, 9.17) is 16.3 Å². The lowest BCUT2D eigenvalue weighted by atomic mass is 10.1. The van der Waals surface area contributed by atoms with Crippen molar-refractivity contribution in [1.82, 2.24) is 5.32 Å². The summed E-state index contributed by atoms with van der Waals surface area (Å²) in [5, 5.41) is 2.64. The van der Waals surface area contributed by atoms with Crippen molar-refractivity contribution < 1.29 is 19.1 Å². The first-order valence-corrected chi connectivity index (χ1v) is 7.68. The Kier molecular flexibility index (Phi) is 4.54. The van der Waals surface area contributed by atoms with E-state index in [1.54, 1.807) is 36.4 Å². The van der Waals surface area contributed by atoms with Gasteiger partial charge in [0, 0.05) is 5.02 Å². The van der Waals surface area contributed by atoms with Crippen molar-refractivity contribution in [3.8, 4) is 5.75 Å². The molecule has 25 heavy (non-hydrogen) atoms. The molecule has 1 heterocycles. The molecule has 0 spiro atoms. The topological polar surface area (TPSA) is 75.7 Å². The second-order valence-corrected chi connectivity index (χ2v) is 5.65. The first-order valence-electron chi connectivity index (χ1n) is 7.30. The lowest BCUT2D eigenvalue weighted by Gasteiger charge is -2.26. The SMILES string of the molecule is COc1cccc(C=C2C(=O)NC(=O)N(c3ccc(Cl)cc3)C2=O)c1. The van der Waals surface area contributed by atoms with E-state index >= 15 is 0 Å². The Labute approximate surface area is 148 Å². The molecule has 0 aromatic heterocycles. The van der Waals surface area contributed by atoms with E-state index in [0.29, 0.717) is 22.0 Å². The van der Waals surface area contributed by atoms with Crippen LogP contribution in [0.3, 0.4) is 0 Å². The standard InChI is InChI=1S/C18H13ClN2O4/c1-25-14-4-2-3-11(9-14)10-15-16(22)20-18(24)21(17(15)23)13-7-5-12(19)6-8-13/h2-10H,1H3,(H,20,22,24). The second kappa shape index (κ2) is 6.78. The number of carbonyl (C=O) groups excluding carboxylic acids is 3. The molecule has 1 saturated heterocycles. The number of urea groups is 1. The van der Waals surface area contributed by atoms with Gasteiger partial charge in [-0.25, -0.2) is 9.69 Å². The highest BCUT2D eigenvalue weighted by Crippen LogP contribution is 2.24. The molecule has 0 bridgehead atoms. The van der Waals surface area contributed by atoms with Gasteiger partial charge >= 0.3 is 6.03 Å². The molecule has 1 aliphatic heterocycles. The molecule has 126 valence electrons. The van der Waals surface area contributed by atoms with Crippen LogP contribution in [0.4, 0.5) is 10.5 Å². The summed E-state index contributed by atoms with van der Waals surface area (Å²) in [6, 6.07) is 12.2. The van der Waals surface area contributed by atoms with E-state index in [2.05, 4.69) is 5.32 Å². The highest BCUT2D eigenvalue weighted by Gasteiger charge is 2.36. The van der Waals surface area contributed by atoms with Gasteiger partial charge in [-0.3, -0.25) is 14.9 Å². The zero-order chi connectivity index (χ0) is 18.0. The monoisotopic (exact) mass is 356 g/mol. The van der Waals surface area contributed by atoms with E-state index in [9.17, 15) is 14.4 Å². The third-order valence-electron chi connectivity index (χ3n) is 3.59. The Bertz CT molecular complexity index is 890. The number of hydrogen-bond acceptors (Lipinski definition) is 4. The molecule has 4 amide bonds. The number of anilines is 1. The number of hydrogen-bond donors (Lipinski definition) is 1. The normalized spacial score (nSPS) is 16.2. The average molecular weight is 357 g/mol. The summed E-state index contributed by atoms with van der Waals surface area (Å²) in [5.41, 5.74) is 0.766. The molecule has 1 aliphatic rings. The van der Waals surface area contributed by atoms with Crippen LogP contribution in [0.1, 0.15) is 5.56 Å². The Morgan fingerprint density at radius 1 is 1.08 bits per heavy atom. The van der Waals surface area contributed by atoms with Crippen molar-refractivity contribution in [3.63, 3.8) is 0 Å². The smallest absolute Gasteiger partial charge is 0.335 e. The van der Waals surface area contributed by atoms with Crippen molar-refractivity contribution in [2.24, 2.45) is 0 Å². The third-order valence-corrected chi connectivity index (χ3v) is 3.84. The molecule has 0 saturated carbocycles. The largest absolute Gasteiger partial charge is 0.497 e. The second-order valence-electron chi connectivity index (χ2n) is 5.21. The third kappa shape index (κ3) is 3.39. The van der Waals surface area contributed by atoms with Crippen LogP contribution in [0.25, 0.3) is 6.08 Å². The van der Waals surface area contributed by atoms with Crippen molar-refractivity contribution in [3.05, 3.63) is 64.7 Å². The lowest BCUT2D eigenvalue weighted by Crippen LogP contribution is -2.54. The Hall–Kier alpha value is -3.12. The Morgan fingerprint density at radius 3 is 2.48 bits per heavy atom. The molecule has 1 fully saturated rings. The first kappa shape index (κ1) is 16.7. The van der Waals surface area contributed by atoms with Crippen LogP contribution < -0.4 is 15.0 Å². The Morgan fingerprint density at radius 2 is 1.80 bits per heavy atom. The molecule has 7 heteroatoms. The van der Waals surface area contributed by atoms with E-state index < -0.39 is 17.8 Å². The number of benzene rings is 2. The van der Waals surface area contributed by atoms with Crippen LogP contribution in [0.2, 0.25) is 5.02 Å². The van der Waals surface area contributed by atoms with Gasteiger partial charge in [-0.05, 0) is 48.0 Å². The summed E-state index contributed by atoms with van der Waals surface area (Å²) in [4.78, 5) is 37.8. The van der Waals surface area contributed by atoms with Crippen LogP contribution in [0, 0.1) is 0 Å². The minimum atomic E-state index is -0.805. The van der Waals surface area contributed by atoms with Gasteiger partial charge in [0.15, 0.2) is 0 Å². The van der Waals surface area contributed by atoms with Crippen LogP contribution in [-0.2, 0) is 9.59 Å². The van der Waals surface area contributed by atoms with E-state index in [1.165, 1.54) is 25.3 Å². The number of ether oxygens (including phenoxy) is 1. The minimum absolute atomic E-state index is 0.150. The van der Waals surface area contributed by atoms with Crippen LogP contribution >= 0.6 is 11.6 Å². The number of rotatable bonds is 3. The summed E-state index contributed by atoms with van der Waals surface area (Å²) >= 11 is 5.83. The van der Waals surface area contributed by atoms with Crippen LogP contribution in [0.15, 0.2) is 54.1 Å². The van der Waals surface area contributed by atoms with Gasteiger partial charge in [0.2, 0.25) is 0 Å². The van der Waals surface area contributed by atoms with E-state index in [0.717, 1.165) is 4.90 Å². The summed E-state index contributed by atoms with van der Waals surface area (Å²) in [6.07, 6.45) is 1.41. The van der Waals surface area contributed by atoms with Gasteiger partial charge in [0.05, 0.1) is 12.8 Å². The number of imide groups is 2. The quantitative estimate of drug-likeness (QED) is 0.677. The minimum Gasteiger partial charge on any atom is -0.497 e. The van der Waals surface area contributed by atoms with Gasteiger partial charge < -0.3 is 4.74 Å². The van der Waals surface area contributed by atoms with Crippen molar-refractivity contribution in [2.45, 2.75) is 0 Å². The fraction of sp³-hybridized carbons (Fsp3) is 0.0556. The number of barbiturate groups is 1. The molecule has 0 unspecified atom stereocenters. The summed E-state index contributed by atoms with van der Waals surface area (Å²) in [6.45, 7) is 0. The maximum atomic E-state index is 12.7. The zero-order valence-electron chi connectivity index (χ0n) is 13.2. The maximum absolute atomic E-state index is 12.7.